The van der Waals surface area contributed by atoms with Gasteiger partial charge in [0.2, 0.25) is 0 Å². The van der Waals surface area contributed by atoms with Crippen molar-refractivity contribution in [3.8, 4) is 0 Å². The van der Waals surface area contributed by atoms with Gasteiger partial charge in [-0.15, -0.1) is 0 Å². The number of carbonyl (C=O) groups is 2. The van der Waals surface area contributed by atoms with Crippen LogP contribution in [-0.2, 0) is 33.3 Å². The Hall–Kier alpha value is -4.29. The van der Waals surface area contributed by atoms with Crippen LogP contribution in [0.1, 0.15) is 46.3 Å². The van der Waals surface area contributed by atoms with Gasteiger partial charge in [0, 0.05) is 12.2 Å². The smallest absolute Gasteiger partial charge is 0.331 e. The average molecular weight is 701 g/mol. The van der Waals surface area contributed by atoms with Gasteiger partial charge in [0.05, 0.1) is 25.4 Å². The van der Waals surface area contributed by atoms with Crippen molar-refractivity contribution in [1.29, 1.82) is 0 Å². The Morgan fingerprint density at radius 3 is 2.48 bits per heavy atom. The van der Waals surface area contributed by atoms with Crippen molar-refractivity contribution < 1.29 is 53.7 Å². The number of hydrogen-bond acceptors (Lipinski definition) is 14. The van der Waals surface area contributed by atoms with E-state index in [-0.39, 0.29) is 11.2 Å². The first-order chi connectivity index (χ1) is 24.0. The number of carbonyl (C=O) groups excluding carboxylic acids is 2. The number of H-pyrrole nitrogens is 1. The maximum atomic E-state index is 12.5. The fraction of sp³-hybridized carbons (Fsp3) is 0.500. The van der Waals surface area contributed by atoms with Gasteiger partial charge < -0.3 is 49.1 Å². The number of esters is 2. The number of unbranched alkanes of at least 4 members (excludes halogenated alkanes) is 1. The van der Waals surface area contributed by atoms with Crippen molar-refractivity contribution in [3.05, 3.63) is 83.8 Å². The van der Waals surface area contributed by atoms with Gasteiger partial charge in [-0.3, -0.25) is 9.36 Å². The van der Waals surface area contributed by atoms with E-state index in [0.29, 0.717) is 6.42 Å². The van der Waals surface area contributed by atoms with Crippen LogP contribution in [-0.4, -0.2) is 114 Å². The molecule has 0 bridgehead atoms. The van der Waals surface area contributed by atoms with E-state index in [1.54, 1.807) is 43.4 Å². The van der Waals surface area contributed by atoms with E-state index in [9.17, 15) is 34.8 Å². The first kappa shape index (κ1) is 38.5. The monoisotopic (exact) mass is 700 g/mol. The molecule has 16 heteroatoms. The number of aliphatic hydroxyl groups excluding tert-OH is 4. The maximum Gasteiger partial charge on any atom is 0.331 e. The second kappa shape index (κ2) is 18.6. The Morgan fingerprint density at radius 2 is 1.74 bits per heavy atom. The molecule has 0 aliphatic carbocycles. The van der Waals surface area contributed by atoms with E-state index in [4.69, 9.17) is 23.7 Å². The Labute approximate surface area is 288 Å². The number of ether oxygens (including phenoxy) is 5. The molecule has 272 valence electrons. The summed E-state index contributed by atoms with van der Waals surface area (Å²) in [6, 6.07) is 0. The molecule has 1 unspecified atom stereocenters. The van der Waals surface area contributed by atoms with Gasteiger partial charge in [-0.2, -0.15) is 0 Å². The highest BCUT2D eigenvalue weighted by Gasteiger charge is 2.51. The number of hydrogen-bond donors (Lipinski definition) is 5. The second-order valence-corrected chi connectivity index (χ2v) is 11.7. The highest BCUT2D eigenvalue weighted by Crippen LogP contribution is 2.36. The molecule has 10 atom stereocenters. The Balaban J connectivity index is 1.27. The fourth-order valence-corrected chi connectivity index (χ4v) is 5.28. The summed E-state index contributed by atoms with van der Waals surface area (Å²) in [5.41, 5.74) is -0.378. The molecule has 5 N–H and O–H groups in total. The number of aromatic amines is 1. The lowest BCUT2D eigenvalue weighted by Gasteiger charge is -2.41. The summed E-state index contributed by atoms with van der Waals surface area (Å²) in [5, 5.41) is 42.4. The van der Waals surface area contributed by atoms with Gasteiger partial charge in [0.1, 0.15) is 36.6 Å². The van der Waals surface area contributed by atoms with Crippen LogP contribution in [0.15, 0.2) is 78.2 Å². The van der Waals surface area contributed by atoms with E-state index in [1.807, 2.05) is 6.08 Å². The van der Waals surface area contributed by atoms with Crippen LogP contribution in [0.3, 0.4) is 0 Å². The third kappa shape index (κ3) is 9.91. The first-order valence-electron chi connectivity index (χ1n) is 16.3. The van der Waals surface area contributed by atoms with Crippen LogP contribution in [0.25, 0.3) is 11.2 Å². The van der Waals surface area contributed by atoms with Crippen LogP contribution in [0.4, 0.5) is 0 Å². The normalized spacial score (nSPS) is 29.7. The number of imidazole rings is 1. The first-order valence-corrected chi connectivity index (χ1v) is 16.3. The Kier molecular flexibility index (Phi) is 14.4. The SMILES string of the molecule is CCC/C=C/C=C/C(=O)OC(C)/C=C/C/C=C/C=C/C(=O)O[C@H]1[C@@H](O)[C@H](O)[C@H](O[C@@H]2[C@H](O)[C@@H](CO)O[C@H]2n2cnc3c(=O)[nH]cnc32)O[C@H]1C. The van der Waals surface area contributed by atoms with Gasteiger partial charge in [-0.25, -0.2) is 19.6 Å². The number of nitrogens with one attached hydrogen (secondary N) is 1. The predicted octanol–water partition coefficient (Wildman–Crippen LogP) is 1.04. The van der Waals surface area contributed by atoms with Crippen LogP contribution in [0.2, 0.25) is 0 Å². The third-order valence-corrected chi connectivity index (χ3v) is 7.85. The zero-order valence-corrected chi connectivity index (χ0v) is 27.9. The molecule has 50 heavy (non-hydrogen) atoms. The van der Waals surface area contributed by atoms with Crippen molar-refractivity contribution in [2.75, 3.05) is 6.61 Å². The van der Waals surface area contributed by atoms with Gasteiger partial charge in [0.25, 0.3) is 5.56 Å². The molecule has 2 aromatic heterocycles. The highest BCUT2D eigenvalue weighted by molar-refractivity contribution is 5.83. The van der Waals surface area contributed by atoms with Gasteiger partial charge in [-0.05, 0) is 32.8 Å². The highest BCUT2D eigenvalue weighted by atomic mass is 16.7. The van der Waals surface area contributed by atoms with E-state index in [2.05, 4.69) is 21.9 Å². The molecular weight excluding hydrogens is 656 g/mol. The maximum absolute atomic E-state index is 12.5. The van der Waals surface area contributed by atoms with E-state index in [0.717, 1.165) is 18.9 Å². The summed E-state index contributed by atoms with van der Waals surface area (Å²) in [6.45, 7) is 4.74. The molecule has 0 aromatic carbocycles. The average Bonchev–Trinajstić information content (AvgIpc) is 3.66. The van der Waals surface area contributed by atoms with Crippen LogP contribution in [0.5, 0.6) is 0 Å². The van der Waals surface area contributed by atoms with Crippen molar-refractivity contribution in [2.45, 2.75) is 101 Å². The number of nitrogens with zero attached hydrogens (tertiary/aromatic N) is 3. The topological polar surface area (TPSA) is 225 Å². The van der Waals surface area contributed by atoms with E-state index in [1.165, 1.54) is 36.3 Å². The van der Waals surface area contributed by atoms with Gasteiger partial charge in [-0.1, -0.05) is 55.9 Å². The summed E-state index contributed by atoms with van der Waals surface area (Å²) in [6.07, 6.45) is 8.75. The molecule has 2 aliphatic heterocycles. The molecule has 4 rings (SSSR count). The lowest BCUT2D eigenvalue weighted by atomic mass is 9.99. The van der Waals surface area contributed by atoms with Crippen LogP contribution < -0.4 is 5.56 Å². The Bertz CT molecular complexity index is 1630. The zero-order chi connectivity index (χ0) is 36.2. The molecule has 0 saturated carbocycles. The predicted molar refractivity (Wildman–Crippen MR) is 177 cm³/mol. The number of rotatable bonds is 15. The molecule has 2 fully saturated rings. The quantitative estimate of drug-likeness (QED) is 0.0758. The van der Waals surface area contributed by atoms with Gasteiger partial charge in [0.15, 0.2) is 29.8 Å². The van der Waals surface area contributed by atoms with Crippen molar-refractivity contribution >= 4 is 23.1 Å². The molecule has 16 nitrogen and oxygen atoms in total. The minimum absolute atomic E-state index is 0.00465. The second-order valence-electron chi connectivity index (χ2n) is 11.7. The summed E-state index contributed by atoms with van der Waals surface area (Å²) in [7, 11) is 0. The zero-order valence-electron chi connectivity index (χ0n) is 27.9. The Morgan fingerprint density at radius 1 is 1.00 bits per heavy atom. The minimum atomic E-state index is -1.72. The summed E-state index contributed by atoms with van der Waals surface area (Å²) >= 11 is 0. The lowest BCUT2D eigenvalue weighted by Crippen LogP contribution is -2.59. The number of allylic oxidation sites excluding steroid dienone is 7. The molecule has 2 saturated heterocycles. The summed E-state index contributed by atoms with van der Waals surface area (Å²) in [4.78, 5) is 47.0. The lowest BCUT2D eigenvalue weighted by molar-refractivity contribution is -0.314. The largest absolute Gasteiger partial charge is 0.455 e. The number of aliphatic hydroxyl groups is 4. The molecule has 0 amide bonds. The van der Waals surface area contributed by atoms with E-state index >= 15 is 0 Å². The number of aromatic nitrogens is 4. The van der Waals surface area contributed by atoms with E-state index < -0.39 is 85.5 Å². The van der Waals surface area contributed by atoms with Crippen LogP contribution >= 0.6 is 0 Å². The standard InChI is InChI=1S/C34H44N4O12/c1-4-5-6-8-12-15-23(40)46-20(2)14-11-9-7-10-13-16-24(41)49-29-21(3)47-34(28(44)27(29)43)50-30-26(42)22(17-39)48-33(30)38-19-37-25-31(38)35-18-36-32(25)45/h6-8,10-16,18-22,26-30,33-34,39,42-44H,4-5,9,17H2,1-3H3,(H,35,36,45)/b8-6+,10-7+,14-11+,15-12+,16-13+/t20?,21-,22+,26+,27-,28-,29+,30+,33+,34-/m0/s1. The van der Waals surface area contributed by atoms with Crippen LogP contribution in [0, 0.1) is 0 Å². The third-order valence-electron chi connectivity index (χ3n) is 7.85. The molecule has 2 aromatic rings. The van der Waals surface area contributed by atoms with Crippen molar-refractivity contribution in [3.63, 3.8) is 0 Å². The minimum Gasteiger partial charge on any atom is -0.455 e. The van der Waals surface area contributed by atoms with Gasteiger partial charge >= 0.3 is 11.9 Å². The van der Waals surface area contributed by atoms with Crippen molar-refractivity contribution in [1.82, 2.24) is 19.5 Å². The summed E-state index contributed by atoms with van der Waals surface area (Å²) in [5.74, 6) is -1.24. The molecule has 0 radical (unpaired) electrons. The number of fused-ring (bicyclic) bond motifs is 1. The fourth-order valence-electron chi connectivity index (χ4n) is 5.28. The van der Waals surface area contributed by atoms with Crippen molar-refractivity contribution in [2.24, 2.45) is 0 Å². The molecule has 0 spiro atoms. The molecule has 2 aliphatic rings. The molecular formula is C34H44N4O12. The summed E-state index contributed by atoms with van der Waals surface area (Å²) < 4.78 is 29.4. The molecule has 4 heterocycles.